The summed E-state index contributed by atoms with van der Waals surface area (Å²) in [5.74, 6) is -0.129. The maximum absolute atomic E-state index is 11.9. The van der Waals surface area contributed by atoms with E-state index in [2.05, 4.69) is 10.3 Å². The fourth-order valence-electron chi connectivity index (χ4n) is 1.94. The molecule has 3 nitrogen and oxygen atoms in total. The van der Waals surface area contributed by atoms with Crippen molar-refractivity contribution in [2.24, 2.45) is 0 Å². The lowest BCUT2D eigenvalue weighted by atomic mass is 10.1. The number of benzene rings is 2. The van der Waals surface area contributed by atoms with Gasteiger partial charge in [-0.25, -0.2) is 0 Å². The summed E-state index contributed by atoms with van der Waals surface area (Å²) in [5.41, 5.74) is 1.36. The molecule has 0 aliphatic carbocycles. The van der Waals surface area contributed by atoms with Crippen LogP contribution in [0.25, 0.3) is 10.8 Å². The largest absolute Gasteiger partial charge is 0.357 e. The summed E-state index contributed by atoms with van der Waals surface area (Å²) < 4.78 is 0. The molecule has 3 rings (SSSR count). The van der Waals surface area contributed by atoms with E-state index in [4.69, 9.17) is 0 Å². The van der Waals surface area contributed by atoms with Crippen molar-refractivity contribution in [2.75, 3.05) is 5.32 Å². The van der Waals surface area contributed by atoms with Crippen LogP contribution in [0.4, 0.5) is 5.69 Å². The summed E-state index contributed by atoms with van der Waals surface area (Å²) in [7, 11) is 0. The number of hydrogen-bond donors (Lipinski definition) is 2. The predicted octanol–water partition coefficient (Wildman–Crippen LogP) is 3.42. The maximum atomic E-state index is 11.9. The second-order valence-corrected chi connectivity index (χ2v) is 4.10. The van der Waals surface area contributed by atoms with Crippen molar-refractivity contribution in [3.63, 3.8) is 0 Å². The molecule has 0 aliphatic heterocycles. The third kappa shape index (κ3) is 1.98. The van der Waals surface area contributed by atoms with Gasteiger partial charge in [0.25, 0.3) is 5.91 Å². The van der Waals surface area contributed by atoms with Crippen molar-refractivity contribution < 1.29 is 4.79 Å². The Kier molecular flexibility index (Phi) is 2.57. The van der Waals surface area contributed by atoms with Gasteiger partial charge in [-0.2, -0.15) is 0 Å². The standard InChI is InChI=1S/C15H12N2O/c18-15(14-6-3-9-16-14)17-13-8-7-11-4-1-2-5-12(11)10-13/h1-10,16H,(H,17,18). The molecule has 1 heterocycles. The lowest BCUT2D eigenvalue weighted by Crippen LogP contribution is -2.11. The van der Waals surface area contributed by atoms with Gasteiger partial charge in [0.1, 0.15) is 5.69 Å². The normalized spacial score (nSPS) is 10.4. The Morgan fingerprint density at radius 3 is 2.56 bits per heavy atom. The molecule has 18 heavy (non-hydrogen) atoms. The topological polar surface area (TPSA) is 44.9 Å². The fourth-order valence-corrected chi connectivity index (χ4v) is 1.94. The summed E-state index contributed by atoms with van der Waals surface area (Å²) in [5, 5.41) is 5.14. The van der Waals surface area contributed by atoms with Gasteiger partial charge < -0.3 is 10.3 Å². The van der Waals surface area contributed by atoms with Crippen LogP contribution in [0.3, 0.4) is 0 Å². The average molecular weight is 236 g/mol. The SMILES string of the molecule is O=C(Nc1ccc2ccccc2c1)c1ccc[nH]1. The molecule has 0 aliphatic rings. The zero-order valence-corrected chi connectivity index (χ0v) is 9.68. The van der Waals surface area contributed by atoms with E-state index in [0.29, 0.717) is 5.69 Å². The Balaban J connectivity index is 1.89. The van der Waals surface area contributed by atoms with Crippen molar-refractivity contribution in [1.82, 2.24) is 4.98 Å². The monoisotopic (exact) mass is 236 g/mol. The first-order valence-corrected chi connectivity index (χ1v) is 5.76. The molecule has 0 radical (unpaired) electrons. The zero-order chi connectivity index (χ0) is 12.4. The Hall–Kier alpha value is -2.55. The van der Waals surface area contributed by atoms with Gasteiger partial charge in [0.15, 0.2) is 0 Å². The molecule has 3 heteroatoms. The molecule has 2 aromatic carbocycles. The number of aromatic amines is 1. The van der Waals surface area contributed by atoms with E-state index in [1.807, 2.05) is 42.5 Å². The molecular weight excluding hydrogens is 224 g/mol. The molecule has 0 spiro atoms. The van der Waals surface area contributed by atoms with E-state index in [9.17, 15) is 4.79 Å². The van der Waals surface area contributed by atoms with E-state index in [1.54, 1.807) is 18.3 Å². The predicted molar refractivity (Wildman–Crippen MR) is 72.7 cm³/mol. The summed E-state index contributed by atoms with van der Waals surface area (Å²) in [6.45, 7) is 0. The van der Waals surface area contributed by atoms with Crippen LogP contribution < -0.4 is 5.32 Å². The quantitative estimate of drug-likeness (QED) is 0.703. The number of carbonyl (C=O) groups is 1. The number of nitrogens with one attached hydrogen (secondary N) is 2. The molecule has 0 saturated carbocycles. The average Bonchev–Trinajstić information content (AvgIpc) is 2.92. The zero-order valence-electron chi connectivity index (χ0n) is 9.68. The van der Waals surface area contributed by atoms with Crippen LogP contribution in [-0.4, -0.2) is 10.9 Å². The Morgan fingerprint density at radius 2 is 1.78 bits per heavy atom. The maximum Gasteiger partial charge on any atom is 0.272 e. The van der Waals surface area contributed by atoms with E-state index in [1.165, 1.54) is 0 Å². The van der Waals surface area contributed by atoms with Crippen molar-refractivity contribution in [1.29, 1.82) is 0 Å². The van der Waals surface area contributed by atoms with Crippen LogP contribution in [-0.2, 0) is 0 Å². The van der Waals surface area contributed by atoms with Crippen molar-refractivity contribution in [3.8, 4) is 0 Å². The highest BCUT2D eigenvalue weighted by molar-refractivity contribution is 6.04. The van der Waals surface area contributed by atoms with Crippen LogP contribution in [0.5, 0.6) is 0 Å². The van der Waals surface area contributed by atoms with Gasteiger partial charge in [0, 0.05) is 11.9 Å². The lowest BCUT2D eigenvalue weighted by Gasteiger charge is -2.05. The number of hydrogen-bond acceptors (Lipinski definition) is 1. The minimum Gasteiger partial charge on any atom is -0.357 e. The third-order valence-corrected chi connectivity index (χ3v) is 2.85. The first kappa shape index (κ1) is 10.6. The van der Waals surface area contributed by atoms with E-state index < -0.39 is 0 Å². The summed E-state index contributed by atoms with van der Waals surface area (Å²) in [6, 6.07) is 17.5. The van der Waals surface area contributed by atoms with Gasteiger partial charge in [-0.1, -0.05) is 30.3 Å². The molecule has 2 N–H and O–H groups in total. The highest BCUT2D eigenvalue weighted by Gasteiger charge is 2.06. The smallest absolute Gasteiger partial charge is 0.272 e. The summed E-state index contributed by atoms with van der Waals surface area (Å²) in [6.07, 6.45) is 1.73. The van der Waals surface area contributed by atoms with Crippen molar-refractivity contribution >= 4 is 22.4 Å². The molecule has 88 valence electrons. The van der Waals surface area contributed by atoms with Gasteiger partial charge in [0.05, 0.1) is 0 Å². The molecule has 0 fully saturated rings. The highest BCUT2D eigenvalue weighted by Crippen LogP contribution is 2.19. The number of H-pyrrole nitrogens is 1. The van der Waals surface area contributed by atoms with Gasteiger partial charge in [-0.3, -0.25) is 4.79 Å². The number of carbonyl (C=O) groups excluding carboxylic acids is 1. The molecular formula is C15H12N2O. The second-order valence-electron chi connectivity index (χ2n) is 4.10. The summed E-state index contributed by atoms with van der Waals surface area (Å²) >= 11 is 0. The Morgan fingerprint density at radius 1 is 0.944 bits per heavy atom. The van der Waals surface area contributed by atoms with Crippen LogP contribution in [0, 0.1) is 0 Å². The molecule has 1 aromatic heterocycles. The molecule has 0 bridgehead atoms. The van der Waals surface area contributed by atoms with Crippen LogP contribution in [0.15, 0.2) is 60.8 Å². The Labute approximate surface area is 104 Å². The highest BCUT2D eigenvalue weighted by atomic mass is 16.1. The lowest BCUT2D eigenvalue weighted by molar-refractivity contribution is 0.102. The summed E-state index contributed by atoms with van der Waals surface area (Å²) in [4.78, 5) is 14.8. The van der Waals surface area contributed by atoms with Crippen LogP contribution in [0.2, 0.25) is 0 Å². The molecule has 0 saturated heterocycles. The number of fused-ring (bicyclic) bond motifs is 1. The molecule has 3 aromatic rings. The second kappa shape index (κ2) is 4.37. The van der Waals surface area contributed by atoms with Crippen molar-refractivity contribution in [3.05, 3.63) is 66.5 Å². The number of aromatic nitrogens is 1. The first-order valence-electron chi connectivity index (χ1n) is 5.76. The minimum atomic E-state index is -0.129. The van der Waals surface area contributed by atoms with Crippen LogP contribution in [0.1, 0.15) is 10.5 Å². The number of rotatable bonds is 2. The Bertz CT molecular complexity index is 687. The van der Waals surface area contributed by atoms with Gasteiger partial charge in [-0.15, -0.1) is 0 Å². The third-order valence-electron chi connectivity index (χ3n) is 2.85. The van der Waals surface area contributed by atoms with Gasteiger partial charge in [-0.05, 0) is 35.0 Å². The molecule has 0 atom stereocenters. The minimum absolute atomic E-state index is 0.129. The van der Waals surface area contributed by atoms with Gasteiger partial charge in [0.2, 0.25) is 0 Å². The fraction of sp³-hybridized carbons (Fsp3) is 0. The molecule has 1 amide bonds. The van der Waals surface area contributed by atoms with E-state index in [-0.39, 0.29) is 5.91 Å². The number of amides is 1. The van der Waals surface area contributed by atoms with E-state index in [0.717, 1.165) is 16.5 Å². The van der Waals surface area contributed by atoms with Crippen LogP contribution >= 0.6 is 0 Å². The van der Waals surface area contributed by atoms with E-state index >= 15 is 0 Å². The first-order chi connectivity index (χ1) is 8.83. The molecule has 0 unspecified atom stereocenters. The number of anilines is 1. The van der Waals surface area contributed by atoms with Crippen molar-refractivity contribution in [2.45, 2.75) is 0 Å². The van der Waals surface area contributed by atoms with Gasteiger partial charge >= 0.3 is 0 Å².